The van der Waals surface area contributed by atoms with Gasteiger partial charge in [-0.3, -0.25) is 9.59 Å². The molecule has 3 rings (SSSR count). The van der Waals surface area contributed by atoms with E-state index >= 15 is 0 Å². The second-order valence-electron chi connectivity index (χ2n) is 5.60. The van der Waals surface area contributed by atoms with Crippen molar-refractivity contribution < 1.29 is 19.4 Å². The van der Waals surface area contributed by atoms with E-state index in [1.165, 1.54) is 12.1 Å². The molecule has 2 N–H and O–H groups in total. The fourth-order valence-corrected chi connectivity index (χ4v) is 2.73. The zero-order valence-corrected chi connectivity index (χ0v) is 12.9. The molecule has 0 bridgehead atoms. The van der Waals surface area contributed by atoms with E-state index in [0.717, 1.165) is 17.5 Å². The quantitative estimate of drug-likeness (QED) is 0.820. The van der Waals surface area contributed by atoms with Crippen molar-refractivity contribution in [3.8, 4) is 0 Å². The van der Waals surface area contributed by atoms with E-state index in [2.05, 4.69) is 10.4 Å². The maximum atomic E-state index is 12.4. The van der Waals surface area contributed by atoms with Gasteiger partial charge >= 0.3 is 5.97 Å². The third-order valence-electron chi connectivity index (χ3n) is 3.91. The van der Waals surface area contributed by atoms with Crippen LogP contribution < -0.4 is 10.9 Å². The van der Waals surface area contributed by atoms with Gasteiger partial charge in [0.05, 0.1) is 11.5 Å². The lowest BCUT2D eigenvalue weighted by atomic mass is 10.1. The number of hydrogen-bond acceptors (Lipinski definition) is 5. The fraction of sp³-hybridized carbons (Fsp3) is 0.375. The van der Waals surface area contributed by atoms with E-state index in [0.29, 0.717) is 13.2 Å². The first kappa shape index (κ1) is 16.1. The van der Waals surface area contributed by atoms with Crippen molar-refractivity contribution in [1.82, 2.24) is 15.1 Å². The summed E-state index contributed by atoms with van der Waals surface area (Å²) in [5.41, 5.74) is -0.750. The number of aromatic carboxylic acids is 1. The Bertz CT molecular complexity index is 839. The molecule has 8 heteroatoms. The first-order valence-electron chi connectivity index (χ1n) is 7.67. The summed E-state index contributed by atoms with van der Waals surface area (Å²) in [5.74, 6) is -1.66. The first-order chi connectivity index (χ1) is 11.6. The molecular weight excluding hydrogens is 314 g/mol. The number of fused-ring (bicyclic) bond motifs is 1. The van der Waals surface area contributed by atoms with E-state index in [1.54, 1.807) is 12.1 Å². The number of carbonyl (C=O) groups is 2. The molecule has 1 aliphatic rings. The molecule has 1 aromatic carbocycles. The summed E-state index contributed by atoms with van der Waals surface area (Å²) in [7, 11) is 0. The van der Waals surface area contributed by atoms with Crippen molar-refractivity contribution >= 4 is 22.6 Å². The van der Waals surface area contributed by atoms with Crippen LogP contribution in [-0.4, -0.2) is 46.0 Å². The zero-order chi connectivity index (χ0) is 17.1. The number of rotatable bonds is 5. The smallest absolute Gasteiger partial charge is 0.357 e. The van der Waals surface area contributed by atoms with Crippen LogP contribution in [0.1, 0.15) is 23.3 Å². The lowest BCUT2D eigenvalue weighted by Gasteiger charge is -2.12. The lowest BCUT2D eigenvalue weighted by molar-refractivity contribution is -0.122. The Morgan fingerprint density at radius 3 is 2.75 bits per heavy atom. The first-order valence-corrected chi connectivity index (χ1v) is 7.67. The second kappa shape index (κ2) is 6.79. The Hall–Kier alpha value is -2.74. The molecule has 0 radical (unpaired) electrons. The summed E-state index contributed by atoms with van der Waals surface area (Å²) < 4.78 is 6.29. The molecular formula is C16H17N3O5. The highest BCUT2D eigenvalue weighted by atomic mass is 16.5. The van der Waals surface area contributed by atoms with E-state index in [-0.39, 0.29) is 29.1 Å². The number of amides is 1. The minimum atomic E-state index is -1.25. The van der Waals surface area contributed by atoms with E-state index < -0.39 is 17.4 Å². The number of carboxylic acids is 1. The highest BCUT2D eigenvalue weighted by Crippen LogP contribution is 2.13. The third kappa shape index (κ3) is 3.28. The van der Waals surface area contributed by atoms with Gasteiger partial charge in [0.15, 0.2) is 5.69 Å². The molecule has 1 aromatic heterocycles. The molecule has 2 heterocycles. The predicted octanol–water partition coefficient (Wildman–Crippen LogP) is 0.390. The number of aromatic nitrogens is 2. The summed E-state index contributed by atoms with van der Waals surface area (Å²) in [6.07, 6.45) is 1.84. The number of nitrogens with one attached hydrogen (secondary N) is 1. The molecule has 1 amide bonds. The SMILES string of the molecule is O=C(Cn1nc(C(=O)O)c2ccccc2c1=O)NC[C@H]1CCCO1. The Balaban J connectivity index is 1.83. The predicted molar refractivity (Wildman–Crippen MR) is 84.9 cm³/mol. The lowest BCUT2D eigenvalue weighted by Crippen LogP contribution is -2.37. The standard InChI is InChI=1S/C16H17N3O5/c20-13(17-8-10-4-3-7-24-10)9-19-15(21)12-6-2-1-5-11(12)14(18-19)16(22)23/h1-2,5-6,10H,3-4,7-9H2,(H,17,20)(H,22,23)/t10-/m1/s1. The highest BCUT2D eigenvalue weighted by molar-refractivity contribution is 6.01. The Labute approximate surface area is 137 Å². The van der Waals surface area contributed by atoms with E-state index in [4.69, 9.17) is 4.74 Å². The zero-order valence-electron chi connectivity index (χ0n) is 12.9. The fourth-order valence-electron chi connectivity index (χ4n) is 2.73. The number of carboxylic acid groups (broad SMARTS) is 1. The van der Waals surface area contributed by atoms with Crippen LogP contribution in [0.15, 0.2) is 29.1 Å². The molecule has 126 valence electrons. The average molecular weight is 331 g/mol. The normalized spacial score (nSPS) is 17.1. The molecule has 8 nitrogen and oxygen atoms in total. The molecule has 0 saturated carbocycles. The Morgan fingerprint density at radius 2 is 2.08 bits per heavy atom. The summed E-state index contributed by atoms with van der Waals surface area (Å²) in [6.45, 7) is 0.720. The number of nitrogens with zero attached hydrogens (tertiary/aromatic N) is 2. The molecule has 1 fully saturated rings. The van der Waals surface area contributed by atoms with Crippen LogP contribution in [0.4, 0.5) is 0 Å². The van der Waals surface area contributed by atoms with Gasteiger partial charge in [-0.2, -0.15) is 5.10 Å². The van der Waals surface area contributed by atoms with Crippen LogP contribution in [0, 0.1) is 0 Å². The van der Waals surface area contributed by atoms with Gasteiger partial charge in [-0.25, -0.2) is 9.48 Å². The van der Waals surface area contributed by atoms with Crippen molar-refractivity contribution in [3.05, 3.63) is 40.3 Å². The molecule has 0 aliphatic carbocycles. The van der Waals surface area contributed by atoms with E-state index in [9.17, 15) is 19.5 Å². The molecule has 0 spiro atoms. The molecule has 1 saturated heterocycles. The Morgan fingerprint density at radius 1 is 1.33 bits per heavy atom. The largest absolute Gasteiger partial charge is 0.476 e. The maximum Gasteiger partial charge on any atom is 0.357 e. The van der Waals surface area contributed by atoms with Crippen LogP contribution in [0.3, 0.4) is 0 Å². The molecule has 24 heavy (non-hydrogen) atoms. The minimum absolute atomic E-state index is 0.00943. The number of benzene rings is 1. The van der Waals surface area contributed by atoms with Crippen LogP contribution in [0.2, 0.25) is 0 Å². The van der Waals surface area contributed by atoms with Gasteiger partial charge in [0, 0.05) is 18.5 Å². The van der Waals surface area contributed by atoms with Crippen LogP contribution in [-0.2, 0) is 16.1 Å². The van der Waals surface area contributed by atoms with Gasteiger partial charge < -0.3 is 15.2 Å². The van der Waals surface area contributed by atoms with Gasteiger partial charge in [-0.05, 0) is 18.9 Å². The van der Waals surface area contributed by atoms with Gasteiger partial charge in [-0.1, -0.05) is 18.2 Å². The monoisotopic (exact) mass is 331 g/mol. The summed E-state index contributed by atoms with van der Waals surface area (Å²) in [4.78, 5) is 35.8. The van der Waals surface area contributed by atoms with Crippen molar-refractivity contribution in [1.29, 1.82) is 0 Å². The molecule has 1 atom stereocenters. The van der Waals surface area contributed by atoms with E-state index in [1.807, 2.05) is 0 Å². The van der Waals surface area contributed by atoms with Crippen molar-refractivity contribution in [2.45, 2.75) is 25.5 Å². The van der Waals surface area contributed by atoms with Crippen LogP contribution >= 0.6 is 0 Å². The Kier molecular flexibility index (Phi) is 4.57. The number of ether oxygens (including phenoxy) is 1. The average Bonchev–Trinajstić information content (AvgIpc) is 3.09. The maximum absolute atomic E-state index is 12.4. The van der Waals surface area contributed by atoms with Crippen molar-refractivity contribution in [2.75, 3.05) is 13.2 Å². The second-order valence-corrected chi connectivity index (χ2v) is 5.60. The van der Waals surface area contributed by atoms with Gasteiger partial charge in [0.2, 0.25) is 5.91 Å². The molecule has 0 unspecified atom stereocenters. The minimum Gasteiger partial charge on any atom is -0.476 e. The van der Waals surface area contributed by atoms with Crippen molar-refractivity contribution in [2.24, 2.45) is 0 Å². The molecule has 2 aromatic rings. The van der Waals surface area contributed by atoms with Crippen molar-refractivity contribution in [3.63, 3.8) is 0 Å². The number of carbonyl (C=O) groups excluding carboxylic acids is 1. The molecule has 1 aliphatic heterocycles. The highest BCUT2D eigenvalue weighted by Gasteiger charge is 2.19. The third-order valence-corrected chi connectivity index (χ3v) is 3.91. The summed E-state index contributed by atoms with van der Waals surface area (Å²) in [6, 6.07) is 6.31. The topological polar surface area (TPSA) is 111 Å². The summed E-state index contributed by atoms with van der Waals surface area (Å²) >= 11 is 0. The van der Waals surface area contributed by atoms with Crippen LogP contribution in [0.25, 0.3) is 10.8 Å². The van der Waals surface area contributed by atoms with Gasteiger partial charge in [0.1, 0.15) is 6.54 Å². The summed E-state index contributed by atoms with van der Waals surface area (Å²) in [5, 5.41) is 16.3. The van der Waals surface area contributed by atoms with Crippen LogP contribution in [0.5, 0.6) is 0 Å². The van der Waals surface area contributed by atoms with Gasteiger partial charge in [-0.15, -0.1) is 0 Å². The number of hydrogen-bond donors (Lipinski definition) is 2. The van der Waals surface area contributed by atoms with Gasteiger partial charge in [0.25, 0.3) is 5.56 Å².